The molecule has 1 amide bonds. The Bertz CT molecular complexity index is 433. The van der Waals surface area contributed by atoms with Gasteiger partial charge in [-0.2, -0.15) is 0 Å². The number of hydrogen-bond donors (Lipinski definition) is 1. The van der Waals surface area contributed by atoms with Crippen LogP contribution in [0.3, 0.4) is 0 Å². The van der Waals surface area contributed by atoms with Gasteiger partial charge in [-0.3, -0.25) is 4.79 Å². The van der Waals surface area contributed by atoms with Gasteiger partial charge in [0.2, 0.25) is 0 Å². The van der Waals surface area contributed by atoms with Gasteiger partial charge in [0.1, 0.15) is 5.82 Å². The van der Waals surface area contributed by atoms with Crippen molar-refractivity contribution in [3.63, 3.8) is 0 Å². The molecule has 0 aliphatic heterocycles. The summed E-state index contributed by atoms with van der Waals surface area (Å²) in [4.78, 5) is 18.2. The normalized spacial score (nSPS) is 10.8. The van der Waals surface area contributed by atoms with E-state index in [0.29, 0.717) is 28.9 Å². The molecule has 0 bridgehead atoms. The number of amides is 1. The Hall–Kier alpha value is -1.29. The van der Waals surface area contributed by atoms with E-state index >= 15 is 0 Å². The Morgan fingerprint density at radius 1 is 1.42 bits per heavy atom. The molecule has 2 N–H and O–H groups in total. The molecule has 0 fully saturated rings. The van der Waals surface area contributed by atoms with Crippen molar-refractivity contribution in [3.8, 4) is 0 Å². The first-order valence-corrected chi connectivity index (χ1v) is 7.11. The van der Waals surface area contributed by atoms with Crippen molar-refractivity contribution in [2.45, 2.75) is 33.6 Å². The third-order valence-corrected chi connectivity index (χ3v) is 3.71. The molecule has 4 nitrogen and oxygen atoms in total. The molecule has 0 spiro atoms. The van der Waals surface area contributed by atoms with Crippen molar-refractivity contribution in [3.05, 3.63) is 22.8 Å². The fourth-order valence-electron chi connectivity index (χ4n) is 2.00. The summed E-state index contributed by atoms with van der Waals surface area (Å²) in [6.07, 6.45) is 3.55. The molecular weight excluding hydrogens is 262 g/mol. The minimum Gasteiger partial charge on any atom is -0.384 e. The third-order valence-electron chi connectivity index (χ3n) is 3.41. The SMILES string of the molecule is CCC(CC)CN(CC)C(=O)c1cc(N)ncc1Cl. The molecule has 0 radical (unpaired) electrons. The summed E-state index contributed by atoms with van der Waals surface area (Å²) >= 11 is 6.03. The number of anilines is 1. The lowest BCUT2D eigenvalue weighted by Crippen LogP contribution is -2.35. The summed E-state index contributed by atoms with van der Waals surface area (Å²) in [5, 5.41) is 0.349. The van der Waals surface area contributed by atoms with Crippen LogP contribution in [0.2, 0.25) is 5.02 Å². The van der Waals surface area contributed by atoms with Crippen molar-refractivity contribution < 1.29 is 4.79 Å². The van der Waals surface area contributed by atoms with Gasteiger partial charge in [0.25, 0.3) is 5.91 Å². The zero-order valence-corrected chi connectivity index (χ0v) is 12.6. The van der Waals surface area contributed by atoms with E-state index in [1.165, 1.54) is 6.20 Å². The monoisotopic (exact) mass is 283 g/mol. The zero-order valence-electron chi connectivity index (χ0n) is 11.8. The van der Waals surface area contributed by atoms with Crippen LogP contribution in [0.5, 0.6) is 0 Å². The van der Waals surface area contributed by atoms with Gasteiger partial charge in [0.05, 0.1) is 10.6 Å². The van der Waals surface area contributed by atoms with Crippen molar-refractivity contribution in [1.82, 2.24) is 9.88 Å². The van der Waals surface area contributed by atoms with Gasteiger partial charge in [-0.15, -0.1) is 0 Å². The van der Waals surface area contributed by atoms with Gasteiger partial charge in [0, 0.05) is 19.3 Å². The minimum absolute atomic E-state index is 0.0755. The summed E-state index contributed by atoms with van der Waals surface area (Å²) in [6, 6.07) is 1.54. The number of rotatable bonds is 6. The molecule has 0 saturated carbocycles. The van der Waals surface area contributed by atoms with Crippen LogP contribution in [-0.2, 0) is 0 Å². The Labute approximate surface area is 120 Å². The number of aromatic nitrogens is 1. The predicted molar refractivity (Wildman–Crippen MR) is 79.3 cm³/mol. The van der Waals surface area contributed by atoms with Gasteiger partial charge in [-0.25, -0.2) is 4.98 Å². The van der Waals surface area contributed by atoms with Crippen molar-refractivity contribution in [2.75, 3.05) is 18.8 Å². The minimum atomic E-state index is -0.0755. The highest BCUT2D eigenvalue weighted by Gasteiger charge is 2.20. The third kappa shape index (κ3) is 4.10. The molecule has 0 saturated heterocycles. The summed E-state index contributed by atoms with van der Waals surface area (Å²) in [7, 11) is 0. The smallest absolute Gasteiger partial charge is 0.255 e. The van der Waals surface area contributed by atoms with Crippen LogP contribution < -0.4 is 5.73 Å². The molecule has 0 aromatic carbocycles. The van der Waals surface area contributed by atoms with Gasteiger partial charge in [-0.1, -0.05) is 38.3 Å². The average Bonchev–Trinajstić information content (AvgIpc) is 2.42. The van der Waals surface area contributed by atoms with E-state index in [2.05, 4.69) is 18.8 Å². The summed E-state index contributed by atoms with van der Waals surface area (Å²) < 4.78 is 0. The van der Waals surface area contributed by atoms with E-state index in [1.54, 1.807) is 6.07 Å². The first kappa shape index (κ1) is 15.8. The quantitative estimate of drug-likeness (QED) is 0.872. The number of carbonyl (C=O) groups is 1. The Morgan fingerprint density at radius 3 is 2.58 bits per heavy atom. The molecule has 106 valence electrons. The van der Waals surface area contributed by atoms with Crippen molar-refractivity contribution in [2.24, 2.45) is 5.92 Å². The fraction of sp³-hybridized carbons (Fsp3) is 0.571. The maximum atomic E-state index is 12.5. The standard InChI is InChI=1S/C14H22ClN3O/c1-4-10(5-2)9-18(6-3)14(19)11-7-13(16)17-8-12(11)15/h7-8,10H,4-6,9H2,1-3H3,(H2,16,17). The average molecular weight is 284 g/mol. The van der Waals surface area contributed by atoms with Gasteiger partial charge in [0.15, 0.2) is 0 Å². The van der Waals surface area contributed by atoms with Crippen LogP contribution in [0.4, 0.5) is 5.82 Å². The van der Waals surface area contributed by atoms with E-state index in [9.17, 15) is 4.79 Å². The topological polar surface area (TPSA) is 59.2 Å². The Balaban J connectivity index is 2.92. The predicted octanol–water partition coefficient (Wildman–Crippen LogP) is 3.22. The van der Waals surface area contributed by atoms with Crippen molar-refractivity contribution in [1.29, 1.82) is 0 Å². The van der Waals surface area contributed by atoms with E-state index in [4.69, 9.17) is 17.3 Å². The highest BCUT2D eigenvalue weighted by molar-refractivity contribution is 6.33. The molecule has 1 aromatic rings. The summed E-state index contributed by atoms with van der Waals surface area (Å²) in [5.74, 6) is 0.752. The lowest BCUT2D eigenvalue weighted by molar-refractivity contribution is 0.0735. The summed E-state index contributed by atoms with van der Waals surface area (Å²) in [6.45, 7) is 7.67. The molecule has 1 heterocycles. The largest absolute Gasteiger partial charge is 0.384 e. The number of nitrogen functional groups attached to an aromatic ring is 1. The Kier molecular flexibility index (Phi) is 6.09. The van der Waals surface area contributed by atoms with Gasteiger partial charge < -0.3 is 10.6 Å². The molecule has 0 aliphatic carbocycles. The van der Waals surface area contributed by atoms with Crippen LogP contribution >= 0.6 is 11.6 Å². The second kappa shape index (κ2) is 7.34. The van der Waals surface area contributed by atoms with E-state index < -0.39 is 0 Å². The van der Waals surface area contributed by atoms with Crippen LogP contribution in [0.15, 0.2) is 12.3 Å². The molecule has 0 aliphatic rings. The van der Waals surface area contributed by atoms with Crippen LogP contribution in [-0.4, -0.2) is 28.9 Å². The number of nitrogens with two attached hydrogens (primary N) is 1. The first-order valence-electron chi connectivity index (χ1n) is 6.73. The van der Waals surface area contributed by atoms with Crippen LogP contribution in [0.25, 0.3) is 0 Å². The second-order valence-corrected chi connectivity index (χ2v) is 5.02. The summed E-state index contributed by atoms with van der Waals surface area (Å²) in [5.41, 5.74) is 6.05. The van der Waals surface area contributed by atoms with Gasteiger partial charge in [-0.05, 0) is 18.9 Å². The number of carbonyl (C=O) groups excluding carboxylic acids is 1. The van der Waals surface area contributed by atoms with E-state index in [0.717, 1.165) is 19.4 Å². The number of nitrogens with zero attached hydrogens (tertiary/aromatic N) is 2. The van der Waals surface area contributed by atoms with Crippen molar-refractivity contribution >= 4 is 23.3 Å². The first-order chi connectivity index (χ1) is 9.03. The number of halogens is 1. The molecule has 1 rings (SSSR count). The lowest BCUT2D eigenvalue weighted by atomic mass is 10.0. The molecule has 0 unspecified atom stereocenters. The maximum absolute atomic E-state index is 12.5. The van der Waals surface area contributed by atoms with Gasteiger partial charge >= 0.3 is 0 Å². The second-order valence-electron chi connectivity index (χ2n) is 4.62. The maximum Gasteiger partial charge on any atom is 0.255 e. The molecular formula is C14H22ClN3O. The molecule has 0 atom stereocenters. The highest BCUT2D eigenvalue weighted by atomic mass is 35.5. The lowest BCUT2D eigenvalue weighted by Gasteiger charge is -2.25. The molecule has 5 heteroatoms. The van der Waals surface area contributed by atoms with E-state index in [-0.39, 0.29) is 5.91 Å². The van der Waals surface area contributed by atoms with Crippen LogP contribution in [0, 0.1) is 5.92 Å². The number of hydrogen-bond acceptors (Lipinski definition) is 3. The fourth-order valence-corrected chi connectivity index (χ4v) is 2.19. The van der Waals surface area contributed by atoms with E-state index in [1.807, 2.05) is 11.8 Å². The number of pyridine rings is 1. The van der Waals surface area contributed by atoms with Crippen LogP contribution in [0.1, 0.15) is 44.0 Å². The highest BCUT2D eigenvalue weighted by Crippen LogP contribution is 2.20. The zero-order chi connectivity index (χ0) is 14.4. The molecule has 1 aromatic heterocycles. The Morgan fingerprint density at radius 2 is 2.05 bits per heavy atom. The molecule has 19 heavy (non-hydrogen) atoms.